The molecule has 0 saturated heterocycles. The zero-order valence-corrected chi connectivity index (χ0v) is 11.5. The van der Waals surface area contributed by atoms with Crippen molar-refractivity contribution in [3.63, 3.8) is 0 Å². The number of nitrogens with one attached hydrogen (secondary N) is 1. The van der Waals surface area contributed by atoms with Crippen molar-refractivity contribution in [2.75, 3.05) is 20.3 Å². The first-order valence-corrected chi connectivity index (χ1v) is 6.42. The van der Waals surface area contributed by atoms with Gasteiger partial charge in [0.2, 0.25) is 5.91 Å². The molecule has 1 aromatic rings. The molecule has 0 aliphatic carbocycles. The van der Waals surface area contributed by atoms with E-state index >= 15 is 0 Å². The van der Waals surface area contributed by atoms with E-state index in [-0.39, 0.29) is 12.5 Å². The molecule has 0 bridgehead atoms. The summed E-state index contributed by atoms with van der Waals surface area (Å²) in [5.41, 5.74) is 7.70. The predicted molar refractivity (Wildman–Crippen MR) is 74.1 cm³/mol. The highest BCUT2D eigenvalue weighted by Crippen LogP contribution is 2.20. The smallest absolute Gasteiger partial charge is 0.239 e. The Morgan fingerprint density at radius 3 is 2.84 bits per heavy atom. The minimum Gasteiger partial charge on any atom is -0.496 e. The molecule has 0 radical (unpaired) electrons. The lowest BCUT2D eigenvalue weighted by atomic mass is 10.1. The SMILES string of the molecule is CCc1ccc(OC)c(CCNC(=O)C(N)CO)c1. The van der Waals surface area contributed by atoms with E-state index in [1.807, 2.05) is 12.1 Å². The van der Waals surface area contributed by atoms with Crippen molar-refractivity contribution in [1.29, 1.82) is 0 Å². The van der Waals surface area contributed by atoms with Crippen molar-refractivity contribution in [2.24, 2.45) is 5.73 Å². The van der Waals surface area contributed by atoms with Gasteiger partial charge >= 0.3 is 0 Å². The first-order valence-electron chi connectivity index (χ1n) is 6.42. The number of hydrogen-bond acceptors (Lipinski definition) is 4. The molecule has 0 aliphatic heterocycles. The second-order valence-corrected chi connectivity index (χ2v) is 4.33. The summed E-state index contributed by atoms with van der Waals surface area (Å²) >= 11 is 0. The third-order valence-electron chi connectivity index (χ3n) is 2.98. The monoisotopic (exact) mass is 266 g/mol. The number of methoxy groups -OCH3 is 1. The summed E-state index contributed by atoms with van der Waals surface area (Å²) in [6.45, 7) is 2.21. The van der Waals surface area contributed by atoms with Crippen molar-refractivity contribution in [2.45, 2.75) is 25.8 Å². The van der Waals surface area contributed by atoms with Gasteiger partial charge in [-0.1, -0.05) is 19.1 Å². The topological polar surface area (TPSA) is 84.6 Å². The highest BCUT2D eigenvalue weighted by Gasteiger charge is 2.11. The molecule has 0 fully saturated rings. The minimum absolute atomic E-state index is 0.340. The standard InChI is InChI=1S/C14H22N2O3/c1-3-10-4-5-13(19-2)11(8-10)6-7-16-14(18)12(15)9-17/h4-5,8,12,17H,3,6-7,9,15H2,1-2H3,(H,16,18). The van der Waals surface area contributed by atoms with E-state index in [0.29, 0.717) is 13.0 Å². The Morgan fingerprint density at radius 1 is 1.53 bits per heavy atom. The Hall–Kier alpha value is -1.59. The minimum atomic E-state index is -0.858. The number of carbonyl (C=O) groups excluding carboxylic acids is 1. The number of aliphatic hydroxyl groups is 1. The maximum absolute atomic E-state index is 11.4. The van der Waals surface area contributed by atoms with E-state index in [1.54, 1.807) is 7.11 Å². The van der Waals surface area contributed by atoms with Gasteiger partial charge in [0.05, 0.1) is 13.7 Å². The molecule has 0 aromatic heterocycles. The number of aryl methyl sites for hydroxylation is 1. The van der Waals surface area contributed by atoms with E-state index in [2.05, 4.69) is 18.3 Å². The van der Waals surface area contributed by atoms with Crippen LogP contribution in [-0.2, 0) is 17.6 Å². The van der Waals surface area contributed by atoms with Crippen LogP contribution < -0.4 is 15.8 Å². The van der Waals surface area contributed by atoms with Crippen molar-refractivity contribution >= 4 is 5.91 Å². The first-order chi connectivity index (χ1) is 9.12. The van der Waals surface area contributed by atoms with E-state index in [0.717, 1.165) is 17.7 Å². The molecule has 5 nitrogen and oxygen atoms in total. The third-order valence-corrected chi connectivity index (χ3v) is 2.98. The van der Waals surface area contributed by atoms with Crippen LogP contribution in [0, 0.1) is 0 Å². The fourth-order valence-corrected chi connectivity index (χ4v) is 1.78. The second-order valence-electron chi connectivity index (χ2n) is 4.33. The van der Waals surface area contributed by atoms with Crippen LogP contribution in [0.5, 0.6) is 5.75 Å². The number of amides is 1. The van der Waals surface area contributed by atoms with Crippen LogP contribution in [0.15, 0.2) is 18.2 Å². The number of aliphatic hydroxyl groups excluding tert-OH is 1. The molecule has 19 heavy (non-hydrogen) atoms. The summed E-state index contributed by atoms with van der Waals surface area (Å²) in [4.78, 5) is 11.4. The predicted octanol–water partition coefficient (Wildman–Crippen LogP) is 0.236. The number of ether oxygens (including phenoxy) is 1. The average Bonchev–Trinajstić information content (AvgIpc) is 2.45. The number of hydrogen-bond donors (Lipinski definition) is 3. The average molecular weight is 266 g/mol. The number of carbonyl (C=O) groups is 1. The molecule has 0 heterocycles. The molecule has 106 valence electrons. The summed E-state index contributed by atoms with van der Waals surface area (Å²) < 4.78 is 5.29. The van der Waals surface area contributed by atoms with Crippen LogP contribution in [-0.4, -0.2) is 37.3 Å². The van der Waals surface area contributed by atoms with Gasteiger partial charge in [-0.15, -0.1) is 0 Å². The van der Waals surface area contributed by atoms with E-state index in [1.165, 1.54) is 5.56 Å². The molecular formula is C14H22N2O3. The molecule has 0 aliphatic rings. The molecule has 0 saturated carbocycles. The number of benzene rings is 1. The molecule has 5 heteroatoms. The van der Waals surface area contributed by atoms with Crippen molar-refractivity contribution in [3.05, 3.63) is 29.3 Å². The lowest BCUT2D eigenvalue weighted by molar-refractivity contribution is -0.123. The van der Waals surface area contributed by atoms with Crippen LogP contribution >= 0.6 is 0 Å². The maximum atomic E-state index is 11.4. The summed E-state index contributed by atoms with van der Waals surface area (Å²) in [5, 5.41) is 11.5. The normalized spacial score (nSPS) is 12.0. The molecule has 1 unspecified atom stereocenters. The van der Waals surface area contributed by atoms with Crippen molar-refractivity contribution in [1.82, 2.24) is 5.32 Å². The molecule has 4 N–H and O–H groups in total. The Labute approximate surface area is 113 Å². The molecule has 1 aromatic carbocycles. The van der Waals surface area contributed by atoms with Gasteiger partial charge in [-0.25, -0.2) is 0 Å². The Morgan fingerprint density at radius 2 is 2.26 bits per heavy atom. The Bertz CT molecular complexity index is 421. The number of nitrogens with two attached hydrogens (primary N) is 1. The molecule has 0 spiro atoms. The van der Waals surface area contributed by atoms with Crippen LogP contribution in [0.1, 0.15) is 18.1 Å². The molecular weight excluding hydrogens is 244 g/mol. The van der Waals surface area contributed by atoms with Crippen LogP contribution in [0.3, 0.4) is 0 Å². The van der Waals surface area contributed by atoms with Crippen LogP contribution in [0.4, 0.5) is 0 Å². The summed E-state index contributed by atoms with van der Waals surface area (Å²) in [5.74, 6) is 0.478. The van der Waals surface area contributed by atoms with E-state index < -0.39 is 6.04 Å². The van der Waals surface area contributed by atoms with Gasteiger partial charge in [0.15, 0.2) is 0 Å². The fraction of sp³-hybridized carbons (Fsp3) is 0.500. The van der Waals surface area contributed by atoms with Crippen molar-refractivity contribution in [3.8, 4) is 5.75 Å². The highest BCUT2D eigenvalue weighted by molar-refractivity contribution is 5.81. The van der Waals surface area contributed by atoms with Gasteiger partial charge in [-0.3, -0.25) is 4.79 Å². The van der Waals surface area contributed by atoms with E-state index in [9.17, 15) is 4.79 Å². The van der Waals surface area contributed by atoms with Crippen molar-refractivity contribution < 1.29 is 14.6 Å². The summed E-state index contributed by atoms with van der Waals surface area (Å²) in [6, 6.07) is 5.19. The largest absolute Gasteiger partial charge is 0.496 e. The van der Waals surface area contributed by atoms with Crippen LogP contribution in [0.2, 0.25) is 0 Å². The lowest BCUT2D eigenvalue weighted by Crippen LogP contribution is -2.43. The Balaban J connectivity index is 2.59. The summed E-state index contributed by atoms with van der Waals surface area (Å²) in [7, 11) is 1.63. The highest BCUT2D eigenvalue weighted by atomic mass is 16.5. The number of rotatable bonds is 7. The first kappa shape index (κ1) is 15.5. The van der Waals surface area contributed by atoms with Gasteiger partial charge in [-0.2, -0.15) is 0 Å². The van der Waals surface area contributed by atoms with Crippen LogP contribution in [0.25, 0.3) is 0 Å². The zero-order valence-electron chi connectivity index (χ0n) is 11.5. The lowest BCUT2D eigenvalue weighted by Gasteiger charge is -2.12. The van der Waals surface area contributed by atoms with Gasteiger partial charge < -0.3 is 20.9 Å². The molecule has 1 atom stereocenters. The van der Waals surface area contributed by atoms with Gasteiger partial charge in [0, 0.05) is 6.54 Å². The van der Waals surface area contributed by atoms with E-state index in [4.69, 9.17) is 15.6 Å². The zero-order chi connectivity index (χ0) is 14.3. The summed E-state index contributed by atoms with van der Waals surface area (Å²) in [6.07, 6.45) is 1.62. The third kappa shape index (κ3) is 4.54. The van der Waals surface area contributed by atoms with Gasteiger partial charge in [-0.05, 0) is 30.0 Å². The quantitative estimate of drug-likeness (QED) is 0.660. The maximum Gasteiger partial charge on any atom is 0.239 e. The fourth-order valence-electron chi connectivity index (χ4n) is 1.78. The van der Waals surface area contributed by atoms with Gasteiger partial charge in [0.1, 0.15) is 11.8 Å². The second kappa shape index (κ2) is 7.76. The van der Waals surface area contributed by atoms with Gasteiger partial charge in [0.25, 0.3) is 0 Å². The molecule has 1 rings (SSSR count). The molecule has 1 amide bonds. The Kier molecular flexibility index (Phi) is 6.32.